The molecule has 1 spiro atoms. The number of carbonyl (C=O) groups is 2. The average molecular weight is 674 g/mol. The minimum absolute atomic E-state index is 0.0246. The first-order valence-electron chi connectivity index (χ1n) is 15.0. The van der Waals surface area contributed by atoms with Crippen molar-refractivity contribution in [3.8, 4) is 6.07 Å². The second-order valence-electron chi connectivity index (χ2n) is 11.9. The molecule has 3 aliphatic heterocycles. The lowest BCUT2D eigenvalue weighted by Crippen LogP contribution is -2.69. The van der Waals surface area contributed by atoms with Gasteiger partial charge in [-0.3, -0.25) is 23.8 Å². The molecule has 0 bridgehead atoms. The molecule has 6 heterocycles. The predicted octanol–water partition coefficient (Wildman–Crippen LogP) is 3.15. The van der Waals surface area contributed by atoms with Gasteiger partial charge in [0.15, 0.2) is 23.3 Å². The van der Waals surface area contributed by atoms with Gasteiger partial charge >= 0.3 is 0 Å². The molecule has 2 amide bonds. The van der Waals surface area contributed by atoms with Crippen LogP contribution < -0.4 is 10.2 Å². The van der Waals surface area contributed by atoms with E-state index in [0.29, 0.717) is 36.3 Å². The smallest absolute Gasteiger partial charge is 0.278 e. The molecular weight excluding hydrogens is 643 g/mol. The molecule has 0 aliphatic carbocycles. The van der Waals surface area contributed by atoms with E-state index in [1.54, 1.807) is 35.2 Å². The van der Waals surface area contributed by atoms with Crippen molar-refractivity contribution in [3.05, 3.63) is 65.2 Å². The molecular formula is C31H31N9O5S2. The van der Waals surface area contributed by atoms with Crippen LogP contribution in [0.25, 0.3) is 16.8 Å². The zero-order chi connectivity index (χ0) is 33.1. The number of aromatic nitrogens is 4. The summed E-state index contributed by atoms with van der Waals surface area (Å²) in [4.78, 5) is 44.5. The van der Waals surface area contributed by atoms with E-state index in [2.05, 4.69) is 32.1 Å². The maximum absolute atomic E-state index is 13.6. The average Bonchev–Trinajstić information content (AvgIpc) is 3.80. The highest BCUT2D eigenvalue weighted by molar-refractivity contribution is 7.89. The fraction of sp³-hybridized carbons (Fsp3) is 0.355. The molecule has 2 fully saturated rings. The van der Waals surface area contributed by atoms with Crippen LogP contribution in [-0.2, 0) is 31.1 Å². The first-order valence-corrected chi connectivity index (χ1v) is 17.2. The van der Waals surface area contributed by atoms with E-state index >= 15 is 0 Å². The summed E-state index contributed by atoms with van der Waals surface area (Å²) in [7, 11) is -2.71. The van der Waals surface area contributed by atoms with Crippen LogP contribution in [0.4, 0.5) is 10.9 Å². The third-order valence-corrected chi connectivity index (χ3v) is 11.9. The lowest BCUT2D eigenvalue weighted by molar-refractivity contribution is -0.152. The standard InChI is InChI=1S/C31H31N9O5S2/c1-19-15-40(24(41)8-11-32)31(19)10-13-38(16-31)27-22-9-12-39(28(22)35-17-34-27)18-45-26-21-6-4-5-7-23(21)47(43,44)37(3)25(26)29(42)36-30-33-14-20(2)46-30/h4-7,9,12,14,17,19H,8,10,13,15-16,18H2,1-3H3,(H,33,36,42)/t19-,31-/m0/s1. The van der Waals surface area contributed by atoms with Crippen molar-refractivity contribution in [1.82, 2.24) is 28.7 Å². The van der Waals surface area contributed by atoms with Crippen LogP contribution in [0.5, 0.6) is 0 Å². The molecule has 16 heteroatoms. The van der Waals surface area contributed by atoms with Crippen molar-refractivity contribution < 1.29 is 22.7 Å². The molecule has 47 heavy (non-hydrogen) atoms. The van der Waals surface area contributed by atoms with Crippen molar-refractivity contribution in [2.45, 2.75) is 43.9 Å². The van der Waals surface area contributed by atoms with Gasteiger partial charge < -0.3 is 14.5 Å². The molecule has 3 aliphatic rings. The van der Waals surface area contributed by atoms with Crippen molar-refractivity contribution in [2.75, 3.05) is 36.9 Å². The largest absolute Gasteiger partial charge is 0.470 e. The second-order valence-corrected chi connectivity index (χ2v) is 15.1. The molecule has 7 rings (SSSR count). The number of benzene rings is 1. The zero-order valence-electron chi connectivity index (χ0n) is 25.9. The summed E-state index contributed by atoms with van der Waals surface area (Å²) in [5.41, 5.74) is 0.351. The number of thiazole rings is 1. The van der Waals surface area contributed by atoms with Crippen LogP contribution in [0, 0.1) is 24.2 Å². The van der Waals surface area contributed by atoms with Gasteiger partial charge in [0, 0.05) is 49.5 Å². The minimum Gasteiger partial charge on any atom is -0.470 e. The number of hydrogen-bond acceptors (Lipinski definition) is 11. The number of anilines is 2. The van der Waals surface area contributed by atoms with Gasteiger partial charge in [0.25, 0.3) is 15.9 Å². The number of fused-ring (bicyclic) bond motifs is 2. The van der Waals surface area contributed by atoms with Gasteiger partial charge in [-0.05, 0) is 37.5 Å². The normalized spacial score (nSPS) is 21.5. The highest BCUT2D eigenvalue weighted by Gasteiger charge is 2.56. The molecule has 2 atom stereocenters. The summed E-state index contributed by atoms with van der Waals surface area (Å²) >= 11 is 1.27. The third-order valence-electron chi connectivity index (χ3n) is 9.26. The topological polar surface area (TPSA) is 167 Å². The van der Waals surface area contributed by atoms with Crippen LogP contribution in [0.15, 0.2) is 59.6 Å². The van der Waals surface area contributed by atoms with E-state index < -0.39 is 15.9 Å². The molecule has 14 nitrogen and oxygen atoms in total. The van der Waals surface area contributed by atoms with Gasteiger partial charge in [-0.25, -0.2) is 23.4 Å². The summed E-state index contributed by atoms with van der Waals surface area (Å²) in [5, 5.41) is 12.9. The molecule has 3 aromatic heterocycles. The molecule has 2 saturated heterocycles. The molecule has 0 saturated carbocycles. The van der Waals surface area contributed by atoms with Gasteiger partial charge in [-0.15, -0.1) is 11.3 Å². The summed E-state index contributed by atoms with van der Waals surface area (Å²) in [6, 6.07) is 10.3. The SMILES string of the molecule is Cc1cnc(NC(=O)C2=C(OCn3ccc4c(N5CC[C@]6(C5)[C@@H](C)CN6C(=O)CC#N)ncnc43)c3ccccc3S(=O)(=O)N2C)s1. The molecule has 1 aromatic carbocycles. The Morgan fingerprint density at radius 2 is 2.02 bits per heavy atom. The molecule has 0 radical (unpaired) electrons. The Labute approximate surface area is 274 Å². The number of likely N-dealkylation sites (N-methyl/N-ethyl adjacent to an activating group) is 1. The minimum atomic E-state index is -4.04. The number of nitrogens with zero attached hydrogens (tertiary/aromatic N) is 8. The molecule has 4 aromatic rings. The zero-order valence-corrected chi connectivity index (χ0v) is 27.5. The number of likely N-dealkylation sites (tertiary alicyclic amines) is 1. The Balaban J connectivity index is 1.19. The lowest BCUT2D eigenvalue weighted by Gasteiger charge is -2.55. The number of aryl methyl sites for hydroxylation is 1. The number of nitrogens with one attached hydrogen (secondary N) is 1. The summed E-state index contributed by atoms with van der Waals surface area (Å²) < 4.78 is 35.9. The number of rotatable bonds is 7. The van der Waals surface area contributed by atoms with E-state index in [1.807, 2.05) is 24.0 Å². The van der Waals surface area contributed by atoms with Crippen molar-refractivity contribution >= 4 is 60.9 Å². The number of sulfonamides is 1. The van der Waals surface area contributed by atoms with Crippen molar-refractivity contribution in [2.24, 2.45) is 5.92 Å². The quantitative estimate of drug-likeness (QED) is 0.308. The fourth-order valence-corrected chi connectivity index (χ4v) is 8.82. The van der Waals surface area contributed by atoms with Gasteiger partial charge in [-0.1, -0.05) is 19.1 Å². The lowest BCUT2D eigenvalue weighted by atomic mass is 9.74. The van der Waals surface area contributed by atoms with Gasteiger partial charge in [0.05, 0.1) is 21.9 Å². The van der Waals surface area contributed by atoms with E-state index in [9.17, 15) is 18.0 Å². The van der Waals surface area contributed by atoms with E-state index in [-0.39, 0.29) is 46.5 Å². The number of nitriles is 1. The van der Waals surface area contributed by atoms with Crippen molar-refractivity contribution in [1.29, 1.82) is 5.26 Å². The maximum atomic E-state index is 13.6. The number of amides is 2. The first-order chi connectivity index (χ1) is 22.5. The van der Waals surface area contributed by atoms with Crippen LogP contribution in [0.3, 0.4) is 0 Å². The summed E-state index contributed by atoms with van der Waals surface area (Å²) in [6.45, 7) is 5.84. The predicted molar refractivity (Wildman–Crippen MR) is 173 cm³/mol. The number of hydrogen-bond donors (Lipinski definition) is 1. The monoisotopic (exact) mass is 673 g/mol. The highest BCUT2D eigenvalue weighted by atomic mass is 32.2. The molecule has 1 N–H and O–H groups in total. The van der Waals surface area contributed by atoms with Crippen LogP contribution >= 0.6 is 11.3 Å². The highest BCUT2D eigenvalue weighted by Crippen LogP contribution is 2.45. The summed E-state index contributed by atoms with van der Waals surface area (Å²) in [6.07, 6.45) is 5.54. The first kappa shape index (κ1) is 30.6. The third kappa shape index (κ3) is 4.88. The maximum Gasteiger partial charge on any atom is 0.278 e. The fourth-order valence-electron chi connectivity index (χ4n) is 6.77. The van der Waals surface area contributed by atoms with Gasteiger partial charge in [0.2, 0.25) is 5.91 Å². The van der Waals surface area contributed by atoms with Gasteiger partial charge in [0.1, 0.15) is 24.2 Å². The van der Waals surface area contributed by atoms with Crippen LogP contribution in [-0.4, -0.2) is 81.2 Å². The number of carbonyl (C=O) groups excluding carboxylic acids is 2. The van der Waals surface area contributed by atoms with E-state index in [1.165, 1.54) is 30.8 Å². The van der Waals surface area contributed by atoms with E-state index in [0.717, 1.165) is 26.8 Å². The number of ether oxygens (including phenoxy) is 1. The van der Waals surface area contributed by atoms with Crippen LogP contribution in [0.2, 0.25) is 0 Å². The Morgan fingerprint density at radius 1 is 1.21 bits per heavy atom. The summed E-state index contributed by atoms with van der Waals surface area (Å²) in [5.74, 6) is 0.305. The second kappa shape index (κ2) is 11.4. The van der Waals surface area contributed by atoms with Crippen molar-refractivity contribution in [3.63, 3.8) is 0 Å². The van der Waals surface area contributed by atoms with Gasteiger partial charge in [-0.2, -0.15) is 5.26 Å². The van der Waals surface area contributed by atoms with E-state index in [4.69, 9.17) is 10.00 Å². The van der Waals surface area contributed by atoms with Crippen LogP contribution in [0.1, 0.15) is 30.2 Å². The molecule has 0 unspecified atom stereocenters. The molecule has 242 valence electrons. The Morgan fingerprint density at radius 3 is 2.77 bits per heavy atom. The Kier molecular flexibility index (Phi) is 7.40. The Hall–Kier alpha value is -5.01. The Bertz CT molecular complexity index is 2120.